The molecule has 0 aliphatic heterocycles. The van der Waals surface area contributed by atoms with Gasteiger partial charge in [-0.2, -0.15) is 0 Å². The normalized spacial score (nSPS) is 27.5. The fraction of sp³-hybridized carbons (Fsp3) is 0.900. The third kappa shape index (κ3) is 3.35. The second-order valence-corrected chi connectivity index (χ2v) is 3.85. The highest BCUT2D eigenvalue weighted by Crippen LogP contribution is 2.24. The van der Waals surface area contributed by atoms with Gasteiger partial charge in [0.25, 0.3) is 0 Å². The summed E-state index contributed by atoms with van der Waals surface area (Å²) in [5, 5.41) is 6.09. The van der Waals surface area contributed by atoms with Crippen LogP contribution in [0.1, 0.15) is 33.1 Å². The van der Waals surface area contributed by atoms with Gasteiger partial charge in [-0.3, -0.25) is 4.79 Å². The Balaban J connectivity index is 2.14. The van der Waals surface area contributed by atoms with Gasteiger partial charge in [0.05, 0.1) is 6.54 Å². The standard InChI is InChI=1S/C10H20N2O/c1-3-11-10(13)7-12-9-6-4-5-8(9)2/h8-9,12H,3-7H2,1-2H3,(H,11,13). The van der Waals surface area contributed by atoms with E-state index in [2.05, 4.69) is 17.6 Å². The van der Waals surface area contributed by atoms with Gasteiger partial charge in [0, 0.05) is 12.6 Å². The van der Waals surface area contributed by atoms with Crippen molar-refractivity contribution in [2.75, 3.05) is 13.1 Å². The van der Waals surface area contributed by atoms with Crippen LogP contribution in [0.5, 0.6) is 0 Å². The molecule has 2 unspecified atom stereocenters. The maximum absolute atomic E-state index is 11.1. The summed E-state index contributed by atoms with van der Waals surface area (Å²) in [6, 6.07) is 0.558. The molecule has 0 saturated heterocycles. The first kappa shape index (κ1) is 10.5. The zero-order chi connectivity index (χ0) is 9.68. The molecule has 0 aromatic carbocycles. The van der Waals surface area contributed by atoms with E-state index in [0.717, 1.165) is 12.5 Å². The van der Waals surface area contributed by atoms with Gasteiger partial charge in [-0.05, 0) is 25.7 Å². The number of likely N-dealkylation sites (N-methyl/N-ethyl adjacent to an activating group) is 1. The van der Waals surface area contributed by atoms with E-state index in [9.17, 15) is 4.79 Å². The van der Waals surface area contributed by atoms with Crippen LogP contribution in [-0.2, 0) is 4.79 Å². The molecule has 2 N–H and O–H groups in total. The molecule has 0 radical (unpaired) electrons. The molecule has 2 atom stereocenters. The van der Waals surface area contributed by atoms with E-state index in [-0.39, 0.29) is 5.91 Å². The van der Waals surface area contributed by atoms with Crippen molar-refractivity contribution in [2.24, 2.45) is 5.92 Å². The van der Waals surface area contributed by atoms with Gasteiger partial charge in [0.15, 0.2) is 0 Å². The molecule has 3 heteroatoms. The van der Waals surface area contributed by atoms with Crippen LogP contribution in [0.3, 0.4) is 0 Å². The zero-order valence-corrected chi connectivity index (χ0v) is 8.60. The Morgan fingerprint density at radius 2 is 2.23 bits per heavy atom. The van der Waals surface area contributed by atoms with E-state index in [0.29, 0.717) is 12.6 Å². The highest BCUT2D eigenvalue weighted by Gasteiger charge is 2.22. The van der Waals surface area contributed by atoms with Crippen LogP contribution in [-0.4, -0.2) is 25.0 Å². The lowest BCUT2D eigenvalue weighted by atomic mass is 10.1. The molecule has 76 valence electrons. The lowest BCUT2D eigenvalue weighted by Crippen LogP contribution is -2.40. The maximum Gasteiger partial charge on any atom is 0.233 e. The molecule has 0 heterocycles. The van der Waals surface area contributed by atoms with E-state index in [1.165, 1.54) is 19.3 Å². The van der Waals surface area contributed by atoms with Gasteiger partial charge in [-0.25, -0.2) is 0 Å². The van der Waals surface area contributed by atoms with Gasteiger partial charge in [0.1, 0.15) is 0 Å². The molecule has 3 nitrogen and oxygen atoms in total. The fourth-order valence-corrected chi connectivity index (χ4v) is 1.93. The summed E-state index contributed by atoms with van der Waals surface area (Å²) in [6.45, 7) is 5.39. The Morgan fingerprint density at radius 3 is 2.77 bits per heavy atom. The number of carbonyl (C=O) groups is 1. The first-order valence-electron chi connectivity index (χ1n) is 5.24. The summed E-state index contributed by atoms with van der Waals surface area (Å²) >= 11 is 0. The predicted octanol–water partition coefficient (Wildman–Crippen LogP) is 0.901. The molecular formula is C10H20N2O. The second-order valence-electron chi connectivity index (χ2n) is 3.85. The largest absolute Gasteiger partial charge is 0.355 e. The minimum atomic E-state index is 0.113. The van der Waals surface area contributed by atoms with Crippen molar-refractivity contribution in [1.29, 1.82) is 0 Å². The van der Waals surface area contributed by atoms with Crippen LogP contribution in [0.4, 0.5) is 0 Å². The van der Waals surface area contributed by atoms with Gasteiger partial charge < -0.3 is 10.6 Å². The molecule has 0 aromatic heterocycles. The van der Waals surface area contributed by atoms with Crippen molar-refractivity contribution >= 4 is 5.91 Å². The summed E-state index contributed by atoms with van der Waals surface area (Å²) in [7, 11) is 0. The quantitative estimate of drug-likeness (QED) is 0.681. The van der Waals surface area contributed by atoms with Crippen LogP contribution in [0.15, 0.2) is 0 Å². The average Bonchev–Trinajstić information content (AvgIpc) is 2.48. The molecule has 1 amide bonds. The number of amides is 1. The molecule has 1 fully saturated rings. The number of hydrogen-bond donors (Lipinski definition) is 2. The molecule has 1 aliphatic rings. The van der Waals surface area contributed by atoms with Gasteiger partial charge in [-0.1, -0.05) is 13.3 Å². The number of hydrogen-bond acceptors (Lipinski definition) is 2. The Hall–Kier alpha value is -0.570. The van der Waals surface area contributed by atoms with Gasteiger partial charge in [0.2, 0.25) is 5.91 Å². The lowest BCUT2D eigenvalue weighted by molar-refractivity contribution is -0.120. The molecule has 0 bridgehead atoms. The number of nitrogens with one attached hydrogen (secondary N) is 2. The third-order valence-electron chi connectivity index (χ3n) is 2.76. The Morgan fingerprint density at radius 1 is 1.46 bits per heavy atom. The topological polar surface area (TPSA) is 41.1 Å². The van der Waals surface area contributed by atoms with Crippen molar-refractivity contribution < 1.29 is 4.79 Å². The van der Waals surface area contributed by atoms with E-state index in [1.807, 2.05) is 6.92 Å². The fourth-order valence-electron chi connectivity index (χ4n) is 1.93. The summed E-state index contributed by atoms with van der Waals surface area (Å²) in [5.74, 6) is 0.844. The van der Waals surface area contributed by atoms with Crippen molar-refractivity contribution in [3.8, 4) is 0 Å². The molecule has 0 aromatic rings. The number of carbonyl (C=O) groups excluding carboxylic acids is 1. The van der Waals surface area contributed by atoms with Crippen LogP contribution >= 0.6 is 0 Å². The lowest BCUT2D eigenvalue weighted by Gasteiger charge is -2.16. The Bertz CT molecular complexity index is 170. The van der Waals surface area contributed by atoms with Crippen molar-refractivity contribution in [3.05, 3.63) is 0 Å². The van der Waals surface area contributed by atoms with Crippen LogP contribution in [0, 0.1) is 5.92 Å². The van der Waals surface area contributed by atoms with Crippen LogP contribution < -0.4 is 10.6 Å². The summed E-state index contributed by atoms with van der Waals surface area (Å²) < 4.78 is 0. The Kier molecular flexibility index (Phi) is 4.22. The highest BCUT2D eigenvalue weighted by atomic mass is 16.1. The second kappa shape index (κ2) is 5.22. The van der Waals surface area contributed by atoms with Crippen molar-refractivity contribution in [1.82, 2.24) is 10.6 Å². The molecular weight excluding hydrogens is 164 g/mol. The first-order chi connectivity index (χ1) is 6.24. The third-order valence-corrected chi connectivity index (χ3v) is 2.76. The predicted molar refractivity (Wildman–Crippen MR) is 53.5 cm³/mol. The molecule has 1 rings (SSSR count). The van der Waals surface area contributed by atoms with Crippen LogP contribution in [0.25, 0.3) is 0 Å². The maximum atomic E-state index is 11.1. The molecule has 1 aliphatic carbocycles. The van der Waals surface area contributed by atoms with Gasteiger partial charge in [-0.15, -0.1) is 0 Å². The zero-order valence-electron chi connectivity index (χ0n) is 8.60. The molecule has 0 spiro atoms. The van der Waals surface area contributed by atoms with Crippen molar-refractivity contribution in [2.45, 2.75) is 39.2 Å². The monoisotopic (exact) mass is 184 g/mol. The minimum Gasteiger partial charge on any atom is -0.355 e. The van der Waals surface area contributed by atoms with E-state index in [1.54, 1.807) is 0 Å². The molecule has 1 saturated carbocycles. The van der Waals surface area contributed by atoms with Crippen LogP contribution in [0.2, 0.25) is 0 Å². The number of rotatable bonds is 4. The smallest absolute Gasteiger partial charge is 0.233 e. The van der Waals surface area contributed by atoms with E-state index in [4.69, 9.17) is 0 Å². The highest BCUT2D eigenvalue weighted by molar-refractivity contribution is 5.77. The SMILES string of the molecule is CCNC(=O)CNC1CCCC1C. The van der Waals surface area contributed by atoms with Crippen molar-refractivity contribution in [3.63, 3.8) is 0 Å². The summed E-state index contributed by atoms with van der Waals surface area (Å²) in [6.07, 6.45) is 3.82. The summed E-state index contributed by atoms with van der Waals surface area (Å²) in [4.78, 5) is 11.1. The first-order valence-corrected chi connectivity index (χ1v) is 5.24. The summed E-state index contributed by atoms with van der Waals surface area (Å²) in [5.41, 5.74) is 0. The van der Waals surface area contributed by atoms with E-state index < -0.39 is 0 Å². The van der Waals surface area contributed by atoms with E-state index >= 15 is 0 Å². The Labute approximate surface area is 80.3 Å². The van der Waals surface area contributed by atoms with Gasteiger partial charge >= 0.3 is 0 Å². The average molecular weight is 184 g/mol. The molecule has 13 heavy (non-hydrogen) atoms. The minimum absolute atomic E-state index is 0.113.